The number of carbonyl (C=O) groups is 1. The van der Waals surface area contributed by atoms with E-state index < -0.39 is 17.4 Å². The molecule has 1 aromatic rings. The van der Waals surface area contributed by atoms with Crippen LogP contribution in [0.3, 0.4) is 0 Å². The van der Waals surface area contributed by atoms with Gasteiger partial charge in [0.25, 0.3) is 0 Å². The standard InChI is InChI=1S/C9H8ClF2NO/c10-6-3-5(9(14)1-2-13)7(11)4-8(6)12/h3-4H,1-2,13H2. The lowest BCUT2D eigenvalue weighted by molar-refractivity contribution is 0.0981. The third-order valence-corrected chi connectivity index (χ3v) is 1.97. The van der Waals surface area contributed by atoms with E-state index in [2.05, 4.69) is 0 Å². The Morgan fingerprint density at radius 3 is 2.57 bits per heavy atom. The van der Waals surface area contributed by atoms with Crippen molar-refractivity contribution in [1.82, 2.24) is 0 Å². The number of hydrogen-bond donors (Lipinski definition) is 1. The van der Waals surface area contributed by atoms with Gasteiger partial charge in [-0.25, -0.2) is 8.78 Å². The summed E-state index contributed by atoms with van der Waals surface area (Å²) in [5.74, 6) is -2.27. The Labute approximate surface area is 84.7 Å². The van der Waals surface area contributed by atoms with E-state index >= 15 is 0 Å². The molecule has 0 aromatic heterocycles. The molecule has 0 radical (unpaired) electrons. The Morgan fingerprint density at radius 2 is 2.00 bits per heavy atom. The van der Waals surface area contributed by atoms with Crippen molar-refractivity contribution < 1.29 is 13.6 Å². The molecular weight excluding hydrogens is 212 g/mol. The van der Waals surface area contributed by atoms with Crippen LogP contribution in [0.4, 0.5) is 8.78 Å². The highest BCUT2D eigenvalue weighted by atomic mass is 35.5. The summed E-state index contributed by atoms with van der Waals surface area (Å²) in [4.78, 5) is 11.2. The van der Waals surface area contributed by atoms with Crippen molar-refractivity contribution in [3.05, 3.63) is 34.4 Å². The van der Waals surface area contributed by atoms with Crippen LogP contribution in [-0.4, -0.2) is 12.3 Å². The molecule has 0 fully saturated rings. The van der Waals surface area contributed by atoms with Gasteiger partial charge in [0.2, 0.25) is 0 Å². The van der Waals surface area contributed by atoms with Gasteiger partial charge in [0, 0.05) is 12.5 Å². The smallest absolute Gasteiger partial charge is 0.167 e. The maximum atomic E-state index is 13.0. The first-order chi connectivity index (χ1) is 6.56. The lowest BCUT2D eigenvalue weighted by Crippen LogP contribution is -2.10. The van der Waals surface area contributed by atoms with E-state index in [0.29, 0.717) is 6.07 Å². The molecule has 0 unspecified atom stereocenters. The van der Waals surface area contributed by atoms with Gasteiger partial charge in [-0.1, -0.05) is 11.6 Å². The van der Waals surface area contributed by atoms with E-state index in [9.17, 15) is 13.6 Å². The predicted octanol–water partition coefficient (Wildman–Crippen LogP) is 2.15. The number of Topliss-reactive ketones (excluding diaryl/α,β-unsaturated/α-hetero) is 1. The van der Waals surface area contributed by atoms with Gasteiger partial charge in [-0.15, -0.1) is 0 Å². The van der Waals surface area contributed by atoms with E-state index in [1.165, 1.54) is 0 Å². The van der Waals surface area contributed by atoms with Gasteiger partial charge in [0.05, 0.1) is 10.6 Å². The van der Waals surface area contributed by atoms with Crippen LogP contribution < -0.4 is 5.73 Å². The average molecular weight is 220 g/mol. The van der Waals surface area contributed by atoms with Crippen LogP contribution in [0.5, 0.6) is 0 Å². The van der Waals surface area contributed by atoms with Crippen molar-refractivity contribution in [2.75, 3.05) is 6.54 Å². The number of ketones is 1. The summed E-state index contributed by atoms with van der Waals surface area (Å²) in [6.45, 7) is 0.118. The van der Waals surface area contributed by atoms with Crippen molar-refractivity contribution in [3.8, 4) is 0 Å². The Bertz CT molecular complexity index is 368. The fourth-order valence-electron chi connectivity index (χ4n) is 1.00. The second-order valence-electron chi connectivity index (χ2n) is 2.71. The fourth-order valence-corrected chi connectivity index (χ4v) is 1.17. The first-order valence-electron chi connectivity index (χ1n) is 3.94. The Morgan fingerprint density at radius 1 is 1.36 bits per heavy atom. The van der Waals surface area contributed by atoms with Crippen LogP contribution in [0.15, 0.2) is 12.1 Å². The van der Waals surface area contributed by atoms with Crippen molar-refractivity contribution in [2.45, 2.75) is 6.42 Å². The van der Waals surface area contributed by atoms with Crippen LogP contribution in [0.1, 0.15) is 16.8 Å². The van der Waals surface area contributed by atoms with Crippen molar-refractivity contribution in [2.24, 2.45) is 5.73 Å². The van der Waals surface area contributed by atoms with Gasteiger partial charge in [0.1, 0.15) is 11.6 Å². The Kier molecular flexibility index (Phi) is 3.55. The van der Waals surface area contributed by atoms with Gasteiger partial charge in [-0.05, 0) is 12.6 Å². The van der Waals surface area contributed by atoms with Gasteiger partial charge < -0.3 is 5.73 Å². The first kappa shape index (κ1) is 11.1. The molecule has 5 heteroatoms. The minimum absolute atomic E-state index is 0.0128. The molecule has 0 atom stereocenters. The number of nitrogens with two attached hydrogens (primary N) is 1. The normalized spacial score (nSPS) is 10.3. The van der Waals surface area contributed by atoms with Gasteiger partial charge >= 0.3 is 0 Å². The summed E-state index contributed by atoms with van der Waals surface area (Å²) in [5.41, 5.74) is 4.91. The largest absolute Gasteiger partial charge is 0.330 e. The minimum atomic E-state index is -0.912. The molecule has 0 saturated heterocycles. The zero-order valence-electron chi connectivity index (χ0n) is 7.19. The molecule has 0 aliphatic rings. The maximum absolute atomic E-state index is 13.0. The number of carbonyl (C=O) groups excluding carboxylic acids is 1. The molecular formula is C9H8ClF2NO. The molecule has 1 aromatic carbocycles. The molecule has 0 heterocycles. The second-order valence-corrected chi connectivity index (χ2v) is 3.12. The predicted molar refractivity (Wildman–Crippen MR) is 49.4 cm³/mol. The summed E-state index contributed by atoms with van der Waals surface area (Å²) < 4.78 is 25.7. The molecule has 2 N–H and O–H groups in total. The van der Waals surface area contributed by atoms with Crippen LogP contribution >= 0.6 is 11.6 Å². The Hall–Kier alpha value is -1.00. The van der Waals surface area contributed by atoms with E-state index in [1.54, 1.807) is 0 Å². The molecule has 0 saturated carbocycles. The van der Waals surface area contributed by atoms with Gasteiger partial charge in [-0.2, -0.15) is 0 Å². The highest BCUT2D eigenvalue weighted by Gasteiger charge is 2.14. The molecule has 0 aliphatic heterocycles. The molecule has 0 bridgehead atoms. The maximum Gasteiger partial charge on any atom is 0.167 e. The molecule has 1 rings (SSSR count). The van der Waals surface area contributed by atoms with E-state index in [0.717, 1.165) is 6.07 Å². The lowest BCUT2D eigenvalue weighted by Gasteiger charge is -2.02. The van der Waals surface area contributed by atoms with Gasteiger partial charge in [0.15, 0.2) is 5.78 Å². The molecule has 14 heavy (non-hydrogen) atoms. The zero-order valence-corrected chi connectivity index (χ0v) is 7.94. The van der Waals surface area contributed by atoms with Crippen LogP contribution in [0, 0.1) is 11.6 Å². The summed E-state index contributed by atoms with van der Waals surface area (Å²) in [6, 6.07) is 1.57. The topological polar surface area (TPSA) is 43.1 Å². The number of halogens is 3. The van der Waals surface area contributed by atoms with Gasteiger partial charge in [-0.3, -0.25) is 4.79 Å². The van der Waals surface area contributed by atoms with Crippen molar-refractivity contribution in [3.63, 3.8) is 0 Å². The monoisotopic (exact) mass is 219 g/mol. The third-order valence-electron chi connectivity index (χ3n) is 1.68. The fraction of sp³-hybridized carbons (Fsp3) is 0.222. The van der Waals surface area contributed by atoms with Crippen molar-refractivity contribution >= 4 is 17.4 Å². The molecule has 0 spiro atoms. The summed E-state index contributed by atoms with van der Waals surface area (Å²) in [6.07, 6.45) is 0.0128. The molecule has 0 amide bonds. The molecule has 76 valence electrons. The molecule has 2 nitrogen and oxygen atoms in total. The third kappa shape index (κ3) is 2.27. The van der Waals surface area contributed by atoms with E-state index in [-0.39, 0.29) is 23.6 Å². The van der Waals surface area contributed by atoms with Crippen LogP contribution in [-0.2, 0) is 0 Å². The summed E-state index contributed by atoms with van der Waals surface area (Å²) in [7, 11) is 0. The highest BCUT2D eigenvalue weighted by Crippen LogP contribution is 2.20. The number of hydrogen-bond acceptors (Lipinski definition) is 2. The SMILES string of the molecule is NCCC(=O)c1cc(Cl)c(F)cc1F. The van der Waals surface area contributed by atoms with Crippen LogP contribution in [0.2, 0.25) is 5.02 Å². The van der Waals surface area contributed by atoms with Crippen molar-refractivity contribution in [1.29, 1.82) is 0 Å². The zero-order chi connectivity index (χ0) is 10.7. The Balaban J connectivity index is 3.09. The summed E-state index contributed by atoms with van der Waals surface area (Å²) in [5, 5.41) is -0.272. The quantitative estimate of drug-likeness (QED) is 0.625. The van der Waals surface area contributed by atoms with E-state index in [1.807, 2.05) is 0 Å². The minimum Gasteiger partial charge on any atom is -0.330 e. The second kappa shape index (κ2) is 4.48. The van der Waals surface area contributed by atoms with E-state index in [4.69, 9.17) is 17.3 Å². The first-order valence-corrected chi connectivity index (χ1v) is 4.32. The highest BCUT2D eigenvalue weighted by molar-refractivity contribution is 6.31. The average Bonchev–Trinajstić information content (AvgIpc) is 2.11. The van der Waals surface area contributed by atoms with Crippen LogP contribution in [0.25, 0.3) is 0 Å². The number of rotatable bonds is 3. The molecule has 0 aliphatic carbocycles. The number of benzene rings is 1. The lowest BCUT2D eigenvalue weighted by atomic mass is 10.1. The summed E-state index contributed by atoms with van der Waals surface area (Å²) >= 11 is 5.40.